The molecule has 96 valence electrons. The third kappa shape index (κ3) is 3.18. The van der Waals surface area contributed by atoms with Gasteiger partial charge in [0.05, 0.1) is 18.8 Å². The van der Waals surface area contributed by atoms with E-state index in [0.717, 1.165) is 29.9 Å². The van der Waals surface area contributed by atoms with Crippen molar-refractivity contribution in [2.45, 2.75) is 31.8 Å². The zero-order valence-electron chi connectivity index (χ0n) is 10.6. The Labute approximate surface area is 108 Å². The molecule has 3 nitrogen and oxygen atoms in total. The summed E-state index contributed by atoms with van der Waals surface area (Å²) in [5.41, 5.74) is 0.773. The van der Waals surface area contributed by atoms with Crippen LogP contribution in [0.5, 0.6) is 11.5 Å². The number of hydrogen-bond donors (Lipinski definition) is 1. The van der Waals surface area contributed by atoms with Gasteiger partial charge in [-0.3, -0.25) is 0 Å². The molecule has 0 saturated heterocycles. The maximum atomic E-state index is 8.78. The number of ether oxygens (including phenoxy) is 2. The first-order valence-corrected chi connectivity index (χ1v) is 6.28. The predicted molar refractivity (Wildman–Crippen MR) is 69.8 cm³/mol. The Balaban J connectivity index is 2.20. The van der Waals surface area contributed by atoms with E-state index in [1.54, 1.807) is 7.11 Å². The lowest BCUT2D eigenvalue weighted by Gasteiger charge is -2.15. The molecule has 0 aromatic heterocycles. The number of aliphatic hydroxyl groups excluding tert-OH is 1. The van der Waals surface area contributed by atoms with Crippen LogP contribution < -0.4 is 9.47 Å². The van der Waals surface area contributed by atoms with E-state index in [9.17, 15) is 0 Å². The van der Waals surface area contributed by atoms with Gasteiger partial charge in [-0.1, -0.05) is 11.8 Å². The molecule has 1 fully saturated rings. The summed E-state index contributed by atoms with van der Waals surface area (Å²) in [6, 6.07) is 5.60. The molecular weight excluding hydrogens is 228 g/mol. The number of methoxy groups -OCH3 is 1. The highest BCUT2D eigenvalue weighted by Crippen LogP contribution is 2.28. The van der Waals surface area contributed by atoms with Crippen molar-refractivity contribution in [3.8, 4) is 23.3 Å². The van der Waals surface area contributed by atoms with Crippen LogP contribution in [0, 0.1) is 11.8 Å². The Morgan fingerprint density at radius 3 is 2.78 bits per heavy atom. The van der Waals surface area contributed by atoms with E-state index in [1.165, 1.54) is 12.8 Å². The summed E-state index contributed by atoms with van der Waals surface area (Å²) in [6.07, 6.45) is 4.99. The van der Waals surface area contributed by atoms with Crippen molar-refractivity contribution in [3.05, 3.63) is 23.8 Å². The highest BCUT2D eigenvalue weighted by atomic mass is 16.5. The Kier molecular flexibility index (Phi) is 4.49. The first kappa shape index (κ1) is 12.8. The van der Waals surface area contributed by atoms with Crippen LogP contribution in [0.1, 0.15) is 31.2 Å². The standard InChI is InChI=1S/C15H18O3/c1-17-14-8-9-15(12(11-14)5-4-10-16)18-13-6-2-3-7-13/h8-9,11,13,16H,2-3,6-7,10H2,1H3. The van der Waals surface area contributed by atoms with E-state index in [-0.39, 0.29) is 6.61 Å². The van der Waals surface area contributed by atoms with E-state index >= 15 is 0 Å². The van der Waals surface area contributed by atoms with Crippen LogP contribution >= 0.6 is 0 Å². The van der Waals surface area contributed by atoms with Crippen LogP contribution in [0.25, 0.3) is 0 Å². The summed E-state index contributed by atoms with van der Waals surface area (Å²) in [5.74, 6) is 7.09. The van der Waals surface area contributed by atoms with Gasteiger partial charge in [-0.05, 0) is 43.9 Å². The maximum Gasteiger partial charge on any atom is 0.135 e. The molecule has 1 saturated carbocycles. The molecule has 1 aromatic carbocycles. The van der Waals surface area contributed by atoms with Gasteiger partial charge in [0, 0.05) is 0 Å². The molecule has 0 spiro atoms. The van der Waals surface area contributed by atoms with Crippen molar-refractivity contribution in [2.75, 3.05) is 13.7 Å². The molecule has 0 bridgehead atoms. The van der Waals surface area contributed by atoms with E-state index in [1.807, 2.05) is 18.2 Å². The lowest BCUT2D eigenvalue weighted by Crippen LogP contribution is -2.11. The van der Waals surface area contributed by atoms with Crippen LogP contribution in [-0.2, 0) is 0 Å². The molecule has 2 rings (SSSR count). The van der Waals surface area contributed by atoms with E-state index in [2.05, 4.69) is 11.8 Å². The Bertz CT molecular complexity index is 451. The van der Waals surface area contributed by atoms with Crippen LogP contribution in [0.4, 0.5) is 0 Å². The normalized spacial score (nSPS) is 15.0. The lowest BCUT2D eigenvalue weighted by atomic mass is 10.2. The second kappa shape index (κ2) is 6.32. The van der Waals surface area contributed by atoms with E-state index in [0.29, 0.717) is 6.10 Å². The lowest BCUT2D eigenvalue weighted by molar-refractivity contribution is 0.209. The minimum absolute atomic E-state index is 0.153. The SMILES string of the molecule is COc1ccc(OC2CCCC2)c(C#CCO)c1. The first-order valence-electron chi connectivity index (χ1n) is 6.28. The van der Waals surface area contributed by atoms with Crippen LogP contribution in [0.3, 0.4) is 0 Å². The fourth-order valence-electron chi connectivity index (χ4n) is 2.16. The third-order valence-electron chi connectivity index (χ3n) is 3.08. The minimum atomic E-state index is -0.153. The summed E-state index contributed by atoms with van der Waals surface area (Å²) in [5, 5.41) is 8.78. The van der Waals surface area contributed by atoms with Crippen LogP contribution in [0.2, 0.25) is 0 Å². The van der Waals surface area contributed by atoms with Gasteiger partial charge in [0.2, 0.25) is 0 Å². The summed E-state index contributed by atoms with van der Waals surface area (Å²) >= 11 is 0. The van der Waals surface area contributed by atoms with Crippen molar-refractivity contribution in [2.24, 2.45) is 0 Å². The maximum absolute atomic E-state index is 8.78. The molecular formula is C15H18O3. The molecule has 0 heterocycles. The molecule has 0 unspecified atom stereocenters. The average molecular weight is 246 g/mol. The molecule has 1 aromatic rings. The van der Waals surface area contributed by atoms with E-state index in [4.69, 9.17) is 14.6 Å². The number of benzene rings is 1. The second-order valence-electron chi connectivity index (χ2n) is 4.35. The summed E-state index contributed by atoms with van der Waals surface area (Å²) < 4.78 is 11.1. The molecule has 1 aliphatic rings. The predicted octanol–water partition coefficient (Wildman–Crippen LogP) is 2.36. The first-order chi connectivity index (χ1) is 8.83. The zero-order valence-corrected chi connectivity index (χ0v) is 10.6. The molecule has 0 radical (unpaired) electrons. The van der Waals surface area contributed by atoms with Gasteiger partial charge in [-0.2, -0.15) is 0 Å². The van der Waals surface area contributed by atoms with Gasteiger partial charge in [-0.15, -0.1) is 0 Å². The fraction of sp³-hybridized carbons (Fsp3) is 0.467. The van der Waals surface area contributed by atoms with Gasteiger partial charge in [0.1, 0.15) is 18.1 Å². The number of hydrogen-bond acceptors (Lipinski definition) is 3. The largest absolute Gasteiger partial charge is 0.497 e. The van der Waals surface area contributed by atoms with E-state index < -0.39 is 0 Å². The van der Waals surface area contributed by atoms with Gasteiger partial charge in [0.15, 0.2) is 0 Å². The number of rotatable bonds is 3. The Hall–Kier alpha value is -1.66. The number of aliphatic hydroxyl groups is 1. The van der Waals surface area contributed by atoms with Crippen LogP contribution in [-0.4, -0.2) is 24.9 Å². The van der Waals surface area contributed by atoms with Gasteiger partial charge in [-0.25, -0.2) is 0 Å². The summed E-state index contributed by atoms with van der Waals surface area (Å²) in [6.45, 7) is -0.153. The Morgan fingerprint density at radius 1 is 1.33 bits per heavy atom. The topological polar surface area (TPSA) is 38.7 Å². The zero-order chi connectivity index (χ0) is 12.8. The fourth-order valence-corrected chi connectivity index (χ4v) is 2.16. The van der Waals surface area contributed by atoms with Crippen molar-refractivity contribution < 1.29 is 14.6 Å². The molecule has 1 N–H and O–H groups in total. The minimum Gasteiger partial charge on any atom is -0.497 e. The van der Waals surface area contributed by atoms with Gasteiger partial charge >= 0.3 is 0 Å². The third-order valence-corrected chi connectivity index (χ3v) is 3.08. The van der Waals surface area contributed by atoms with Crippen LogP contribution in [0.15, 0.2) is 18.2 Å². The highest BCUT2D eigenvalue weighted by molar-refractivity contribution is 5.50. The van der Waals surface area contributed by atoms with Crippen molar-refractivity contribution in [3.63, 3.8) is 0 Å². The molecule has 3 heteroatoms. The van der Waals surface area contributed by atoms with Gasteiger partial charge < -0.3 is 14.6 Å². The summed E-state index contributed by atoms with van der Waals surface area (Å²) in [4.78, 5) is 0. The molecule has 0 aliphatic heterocycles. The molecule has 0 atom stereocenters. The highest BCUT2D eigenvalue weighted by Gasteiger charge is 2.17. The van der Waals surface area contributed by atoms with Gasteiger partial charge in [0.25, 0.3) is 0 Å². The Morgan fingerprint density at radius 2 is 2.11 bits per heavy atom. The van der Waals surface area contributed by atoms with Crippen molar-refractivity contribution in [1.29, 1.82) is 0 Å². The monoisotopic (exact) mass is 246 g/mol. The quantitative estimate of drug-likeness (QED) is 0.832. The average Bonchev–Trinajstić information content (AvgIpc) is 2.90. The molecule has 0 amide bonds. The summed E-state index contributed by atoms with van der Waals surface area (Å²) in [7, 11) is 1.62. The smallest absolute Gasteiger partial charge is 0.135 e. The molecule has 1 aliphatic carbocycles. The molecule has 18 heavy (non-hydrogen) atoms. The van der Waals surface area contributed by atoms with Crippen molar-refractivity contribution in [1.82, 2.24) is 0 Å². The van der Waals surface area contributed by atoms with Crippen molar-refractivity contribution >= 4 is 0 Å². The second-order valence-corrected chi connectivity index (χ2v) is 4.35.